The Morgan fingerprint density at radius 3 is 2.40 bits per heavy atom. The third-order valence-electron chi connectivity index (χ3n) is 1.99. The molecule has 0 fully saturated rings. The van der Waals surface area contributed by atoms with Crippen molar-refractivity contribution in [2.24, 2.45) is 9.98 Å². The Hall–Kier alpha value is -3.37. The van der Waals surface area contributed by atoms with Crippen LogP contribution in [-0.2, 0) is 0 Å². The molecule has 11 heteroatoms. The van der Waals surface area contributed by atoms with E-state index in [2.05, 4.69) is 24.9 Å². The molecule has 3 heterocycles. The number of nitrogen functional groups attached to an aromatic ring is 1. The van der Waals surface area contributed by atoms with Gasteiger partial charge in [0.1, 0.15) is 0 Å². The van der Waals surface area contributed by atoms with Crippen LogP contribution < -0.4 is 33.4 Å². The molecule has 0 saturated heterocycles. The highest BCUT2D eigenvalue weighted by Crippen LogP contribution is 1.81. The Labute approximate surface area is 108 Å². The number of hydrogen-bond acceptors (Lipinski definition) is 6. The SMILES string of the molecule is Nc1nc2c(c(=O)[nH]1)=NC(=O)N=2.O=c1cc[nH]c(=O)[nH]1. The fraction of sp³-hybridized carbons (Fsp3) is 0. The van der Waals surface area contributed by atoms with Crippen LogP contribution >= 0.6 is 0 Å². The molecule has 0 unspecified atom stereocenters. The molecule has 0 saturated carbocycles. The third kappa shape index (κ3) is 2.90. The van der Waals surface area contributed by atoms with Crippen LogP contribution in [0.15, 0.2) is 36.6 Å². The van der Waals surface area contributed by atoms with Crippen molar-refractivity contribution < 1.29 is 4.79 Å². The van der Waals surface area contributed by atoms with E-state index in [0.717, 1.165) is 0 Å². The number of hydrogen-bond donors (Lipinski definition) is 4. The van der Waals surface area contributed by atoms with Crippen molar-refractivity contribution in [2.45, 2.75) is 0 Å². The van der Waals surface area contributed by atoms with Crippen LogP contribution in [0, 0.1) is 0 Å². The van der Waals surface area contributed by atoms with E-state index in [0.29, 0.717) is 0 Å². The molecule has 0 atom stereocenters. The van der Waals surface area contributed by atoms with Gasteiger partial charge in [0.2, 0.25) is 5.95 Å². The number of urea groups is 1. The minimum atomic E-state index is -0.728. The first kappa shape index (κ1) is 13.1. The Balaban J connectivity index is 0.000000160. The van der Waals surface area contributed by atoms with Crippen molar-refractivity contribution in [3.8, 4) is 0 Å². The molecule has 0 bridgehead atoms. The monoisotopic (exact) mass is 277 g/mol. The van der Waals surface area contributed by atoms with E-state index in [1.54, 1.807) is 0 Å². The van der Waals surface area contributed by atoms with Gasteiger partial charge >= 0.3 is 11.7 Å². The highest BCUT2D eigenvalue weighted by molar-refractivity contribution is 5.77. The van der Waals surface area contributed by atoms with Crippen molar-refractivity contribution in [3.05, 3.63) is 54.3 Å². The van der Waals surface area contributed by atoms with Gasteiger partial charge in [-0.25, -0.2) is 9.59 Å². The standard InChI is InChI=1S/C5H3N5O2.C4H4N2O2/c6-4-8-2-1(3(11)10-4)7-5(12)9-2;7-3-1-2-5-4(8)6-3/h(H3,6,8,9,10,11,12);1-2H,(H2,5,6,7,8). The molecule has 2 aromatic rings. The normalized spacial score (nSPS) is 11.7. The van der Waals surface area contributed by atoms with Gasteiger partial charge in [-0.1, -0.05) is 0 Å². The summed E-state index contributed by atoms with van der Waals surface area (Å²) >= 11 is 0. The lowest BCUT2D eigenvalue weighted by atomic mass is 10.6. The maximum Gasteiger partial charge on any atom is 0.370 e. The zero-order chi connectivity index (χ0) is 14.7. The van der Waals surface area contributed by atoms with Crippen molar-refractivity contribution in [1.82, 2.24) is 19.9 Å². The number of nitrogens with zero attached hydrogens (tertiary/aromatic N) is 3. The van der Waals surface area contributed by atoms with Crippen LogP contribution in [0.5, 0.6) is 0 Å². The van der Waals surface area contributed by atoms with E-state index in [1.807, 2.05) is 4.98 Å². The van der Waals surface area contributed by atoms with Crippen molar-refractivity contribution in [1.29, 1.82) is 0 Å². The number of carbonyl (C=O) groups is 1. The van der Waals surface area contributed by atoms with Gasteiger partial charge in [-0.05, 0) is 0 Å². The second-order valence-electron chi connectivity index (χ2n) is 3.43. The number of aromatic amines is 3. The maximum atomic E-state index is 11.0. The zero-order valence-electron chi connectivity index (χ0n) is 9.71. The van der Waals surface area contributed by atoms with Gasteiger partial charge in [-0.2, -0.15) is 15.0 Å². The fourth-order valence-corrected chi connectivity index (χ4v) is 1.24. The Bertz CT molecular complexity index is 926. The molecule has 5 N–H and O–H groups in total. The third-order valence-corrected chi connectivity index (χ3v) is 1.99. The number of nitrogens with one attached hydrogen (secondary N) is 3. The summed E-state index contributed by atoms with van der Waals surface area (Å²) < 4.78 is 0. The average molecular weight is 277 g/mol. The largest absolute Gasteiger partial charge is 0.370 e. The van der Waals surface area contributed by atoms with Crippen LogP contribution in [0.1, 0.15) is 0 Å². The van der Waals surface area contributed by atoms with Crippen LogP contribution in [0.3, 0.4) is 0 Å². The summed E-state index contributed by atoms with van der Waals surface area (Å²) in [5, 5.41) is -0.0748. The van der Waals surface area contributed by atoms with Gasteiger partial charge in [-0.15, -0.1) is 0 Å². The first-order valence-electron chi connectivity index (χ1n) is 5.11. The van der Waals surface area contributed by atoms with Crippen LogP contribution in [0.2, 0.25) is 0 Å². The highest BCUT2D eigenvalue weighted by atomic mass is 16.2. The molecule has 1 aliphatic rings. The fourth-order valence-electron chi connectivity index (χ4n) is 1.24. The summed E-state index contributed by atoms with van der Waals surface area (Å²) in [6.07, 6.45) is 1.29. The molecule has 2 amide bonds. The summed E-state index contributed by atoms with van der Waals surface area (Å²) in [6.45, 7) is 0. The molecule has 0 spiro atoms. The molecule has 0 aliphatic carbocycles. The topological polar surface area (TPSA) is 179 Å². The summed E-state index contributed by atoms with van der Waals surface area (Å²) in [4.78, 5) is 58.7. The van der Waals surface area contributed by atoms with Gasteiger partial charge in [-0.3, -0.25) is 19.6 Å². The smallest absolute Gasteiger partial charge is 0.369 e. The van der Waals surface area contributed by atoms with Crippen LogP contribution in [0.25, 0.3) is 0 Å². The molecule has 2 aromatic heterocycles. The van der Waals surface area contributed by atoms with Crippen molar-refractivity contribution in [2.75, 3.05) is 5.73 Å². The van der Waals surface area contributed by atoms with E-state index in [1.165, 1.54) is 12.3 Å². The van der Waals surface area contributed by atoms with Gasteiger partial charge < -0.3 is 10.7 Å². The molecule has 3 rings (SSSR count). The number of anilines is 1. The first-order valence-corrected chi connectivity index (χ1v) is 5.11. The number of aromatic nitrogens is 4. The Morgan fingerprint density at radius 2 is 1.80 bits per heavy atom. The molecule has 11 nitrogen and oxygen atoms in total. The van der Waals surface area contributed by atoms with Gasteiger partial charge in [0.05, 0.1) is 0 Å². The summed E-state index contributed by atoms with van der Waals surface area (Å²) in [7, 11) is 0. The van der Waals surface area contributed by atoms with Crippen molar-refractivity contribution >= 4 is 12.0 Å². The highest BCUT2D eigenvalue weighted by Gasteiger charge is 2.09. The Kier molecular flexibility index (Phi) is 3.33. The van der Waals surface area contributed by atoms with Gasteiger partial charge in [0.15, 0.2) is 10.8 Å². The number of carbonyl (C=O) groups excluding carboxylic acids is 1. The van der Waals surface area contributed by atoms with E-state index in [9.17, 15) is 19.2 Å². The van der Waals surface area contributed by atoms with Gasteiger partial charge in [0.25, 0.3) is 11.1 Å². The molecular weight excluding hydrogens is 270 g/mol. The predicted molar refractivity (Wildman–Crippen MR) is 64.7 cm³/mol. The predicted octanol–water partition coefficient (Wildman–Crippen LogP) is -3.21. The molecule has 0 aromatic carbocycles. The number of rotatable bonds is 0. The quantitative estimate of drug-likeness (QED) is 0.393. The Morgan fingerprint density at radius 1 is 1.05 bits per heavy atom. The number of H-pyrrole nitrogens is 3. The molecule has 102 valence electrons. The van der Waals surface area contributed by atoms with E-state index < -0.39 is 17.3 Å². The van der Waals surface area contributed by atoms with Crippen LogP contribution in [-0.4, -0.2) is 26.0 Å². The lowest BCUT2D eigenvalue weighted by molar-refractivity contribution is 0.256. The minimum Gasteiger partial charge on any atom is -0.369 e. The number of amides is 2. The molecule has 1 aliphatic heterocycles. The zero-order valence-corrected chi connectivity index (χ0v) is 9.71. The molecular formula is C9H7N7O4. The summed E-state index contributed by atoms with van der Waals surface area (Å²) in [5.41, 5.74) is 3.78. The molecule has 0 radical (unpaired) electrons. The minimum absolute atomic E-state index is 0.0127. The summed E-state index contributed by atoms with van der Waals surface area (Å²) in [6, 6.07) is 0.509. The average Bonchev–Trinajstić information content (AvgIpc) is 2.70. The lowest BCUT2D eigenvalue weighted by Gasteiger charge is -1.86. The van der Waals surface area contributed by atoms with Gasteiger partial charge in [0, 0.05) is 12.3 Å². The summed E-state index contributed by atoms with van der Waals surface area (Å²) in [5.74, 6) is -0.0765. The second-order valence-corrected chi connectivity index (χ2v) is 3.43. The van der Waals surface area contributed by atoms with Crippen LogP contribution in [0.4, 0.5) is 10.7 Å². The van der Waals surface area contributed by atoms with E-state index >= 15 is 0 Å². The van der Waals surface area contributed by atoms with E-state index in [4.69, 9.17) is 5.73 Å². The second kappa shape index (κ2) is 5.09. The van der Waals surface area contributed by atoms with E-state index in [-0.39, 0.29) is 22.4 Å². The number of nitrogens with two attached hydrogens (primary N) is 1. The maximum absolute atomic E-state index is 11.0. The van der Waals surface area contributed by atoms with Crippen molar-refractivity contribution in [3.63, 3.8) is 0 Å². The lowest BCUT2D eigenvalue weighted by Crippen LogP contribution is -2.41. The first-order chi connectivity index (χ1) is 9.45. The molecule has 20 heavy (non-hydrogen) atoms. The number of fused-ring (bicyclic) bond motifs is 1.